The van der Waals surface area contributed by atoms with Gasteiger partial charge in [0.25, 0.3) is 0 Å². The first-order valence-electron chi connectivity index (χ1n) is 6.88. The minimum atomic E-state index is -0.778. The summed E-state index contributed by atoms with van der Waals surface area (Å²) in [6.07, 6.45) is 4.24. The van der Waals surface area contributed by atoms with Crippen LogP contribution in [0.15, 0.2) is 12.3 Å². The molecule has 0 radical (unpaired) electrons. The van der Waals surface area contributed by atoms with Gasteiger partial charge in [0.1, 0.15) is 11.7 Å². The van der Waals surface area contributed by atoms with Crippen LogP contribution in [0.2, 0.25) is 0 Å². The van der Waals surface area contributed by atoms with Crippen LogP contribution >= 0.6 is 11.3 Å². The summed E-state index contributed by atoms with van der Waals surface area (Å²) in [7, 11) is 0. The first kappa shape index (κ1) is 13.9. The summed E-state index contributed by atoms with van der Waals surface area (Å²) in [5.74, 6) is -0.500. The van der Waals surface area contributed by atoms with Gasteiger partial charge in [-0.25, -0.2) is 15.0 Å². The molecule has 1 aliphatic rings. The molecule has 7 heteroatoms. The van der Waals surface area contributed by atoms with Crippen molar-refractivity contribution in [3.8, 4) is 0 Å². The fraction of sp³-hybridized carbons (Fsp3) is 0.429. The quantitative estimate of drug-likeness (QED) is 0.901. The zero-order valence-electron chi connectivity index (χ0n) is 11.7. The lowest BCUT2D eigenvalue weighted by Gasteiger charge is -2.16. The molecule has 21 heavy (non-hydrogen) atoms. The molecule has 1 unspecified atom stereocenters. The van der Waals surface area contributed by atoms with Crippen LogP contribution in [-0.4, -0.2) is 26.0 Å². The normalized spacial score (nSPS) is 17.3. The fourth-order valence-corrected chi connectivity index (χ4v) is 3.56. The molecule has 0 saturated heterocycles. The van der Waals surface area contributed by atoms with Gasteiger partial charge in [0.15, 0.2) is 5.13 Å². The van der Waals surface area contributed by atoms with E-state index in [9.17, 15) is 9.90 Å². The van der Waals surface area contributed by atoms with Gasteiger partial charge in [-0.1, -0.05) is 0 Å². The maximum absolute atomic E-state index is 11.3. The molecule has 110 valence electrons. The molecule has 0 saturated carbocycles. The third-order valence-corrected chi connectivity index (χ3v) is 4.60. The zero-order valence-corrected chi connectivity index (χ0v) is 12.5. The molecule has 0 bridgehead atoms. The standard InChI is InChI=1S/C14H16N4O2S/c1-8-15-6-5-9(17-8)7-16-14-18-12-10(13(19)20)3-2-4-11(12)21-14/h5-6,10H,2-4,7H2,1H3,(H,16,18)(H,19,20). The van der Waals surface area contributed by atoms with Gasteiger partial charge in [-0.2, -0.15) is 0 Å². The molecule has 2 N–H and O–H groups in total. The van der Waals surface area contributed by atoms with Crippen LogP contribution < -0.4 is 5.32 Å². The van der Waals surface area contributed by atoms with Crippen molar-refractivity contribution in [3.63, 3.8) is 0 Å². The Morgan fingerprint density at radius 3 is 3.14 bits per heavy atom. The van der Waals surface area contributed by atoms with E-state index in [1.807, 2.05) is 13.0 Å². The number of nitrogens with one attached hydrogen (secondary N) is 1. The van der Waals surface area contributed by atoms with E-state index in [4.69, 9.17) is 0 Å². The van der Waals surface area contributed by atoms with Crippen LogP contribution in [0, 0.1) is 6.92 Å². The molecule has 2 heterocycles. The molecule has 3 rings (SSSR count). The molecular formula is C14H16N4O2S. The van der Waals surface area contributed by atoms with E-state index in [2.05, 4.69) is 20.3 Å². The SMILES string of the molecule is Cc1nccc(CNc2nc3c(s2)CCCC3C(=O)O)n1. The Balaban J connectivity index is 1.74. The lowest BCUT2D eigenvalue weighted by Crippen LogP contribution is -2.17. The van der Waals surface area contributed by atoms with Gasteiger partial charge < -0.3 is 10.4 Å². The minimum Gasteiger partial charge on any atom is -0.481 e. The first-order valence-corrected chi connectivity index (χ1v) is 7.70. The van der Waals surface area contributed by atoms with Crippen LogP contribution in [-0.2, 0) is 17.8 Å². The number of aliphatic carboxylic acids is 1. The summed E-state index contributed by atoms with van der Waals surface area (Å²) in [6.45, 7) is 2.41. The van der Waals surface area contributed by atoms with Crippen molar-refractivity contribution in [2.24, 2.45) is 0 Å². The van der Waals surface area contributed by atoms with Gasteiger partial charge in [-0.3, -0.25) is 4.79 Å². The number of carboxylic acids is 1. The van der Waals surface area contributed by atoms with Gasteiger partial charge >= 0.3 is 5.97 Å². The highest BCUT2D eigenvalue weighted by Crippen LogP contribution is 2.36. The molecule has 6 nitrogen and oxygen atoms in total. The molecule has 0 spiro atoms. The van der Waals surface area contributed by atoms with Crippen LogP contribution in [0.1, 0.15) is 40.8 Å². The average molecular weight is 304 g/mol. The summed E-state index contributed by atoms with van der Waals surface area (Å²) < 4.78 is 0. The number of aryl methyl sites for hydroxylation is 2. The number of thiazole rings is 1. The number of nitrogens with zero attached hydrogens (tertiary/aromatic N) is 3. The van der Waals surface area contributed by atoms with Gasteiger partial charge in [-0.05, 0) is 32.3 Å². The molecule has 1 atom stereocenters. The largest absolute Gasteiger partial charge is 0.481 e. The number of carbonyl (C=O) groups is 1. The molecule has 0 aromatic carbocycles. The van der Waals surface area contributed by atoms with Crippen LogP contribution in [0.3, 0.4) is 0 Å². The Labute approximate surface area is 126 Å². The van der Waals surface area contributed by atoms with Gasteiger partial charge in [-0.15, -0.1) is 11.3 Å². The molecule has 1 aliphatic carbocycles. The number of anilines is 1. The third kappa shape index (κ3) is 3.02. The highest BCUT2D eigenvalue weighted by Gasteiger charge is 2.29. The van der Waals surface area contributed by atoms with Crippen molar-refractivity contribution >= 4 is 22.4 Å². The Morgan fingerprint density at radius 2 is 2.38 bits per heavy atom. The predicted octanol–water partition coefficient (Wildman–Crippen LogP) is 2.36. The van der Waals surface area contributed by atoms with Gasteiger partial charge in [0.2, 0.25) is 0 Å². The molecular weight excluding hydrogens is 288 g/mol. The van der Waals surface area contributed by atoms with E-state index < -0.39 is 11.9 Å². The van der Waals surface area contributed by atoms with E-state index >= 15 is 0 Å². The zero-order chi connectivity index (χ0) is 14.8. The van der Waals surface area contributed by atoms with E-state index in [-0.39, 0.29) is 0 Å². The van der Waals surface area contributed by atoms with E-state index in [1.54, 1.807) is 17.5 Å². The molecule has 0 amide bonds. The first-order chi connectivity index (χ1) is 10.1. The van der Waals surface area contributed by atoms with Gasteiger partial charge in [0.05, 0.1) is 17.9 Å². The predicted molar refractivity (Wildman–Crippen MR) is 79.5 cm³/mol. The van der Waals surface area contributed by atoms with E-state index in [0.29, 0.717) is 13.0 Å². The van der Waals surface area contributed by atoms with Gasteiger partial charge in [0, 0.05) is 11.1 Å². The Morgan fingerprint density at radius 1 is 1.52 bits per heavy atom. The van der Waals surface area contributed by atoms with Crippen molar-refractivity contribution in [1.82, 2.24) is 15.0 Å². The second kappa shape index (κ2) is 5.77. The number of rotatable bonds is 4. The maximum Gasteiger partial charge on any atom is 0.312 e. The Hall–Kier alpha value is -2.02. The van der Waals surface area contributed by atoms with Crippen LogP contribution in [0.5, 0.6) is 0 Å². The molecule has 0 fully saturated rings. The summed E-state index contributed by atoms with van der Waals surface area (Å²) in [4.78, 5) is 25.2. The molecule has 0 aliphatic heterocycles. The van der Waals surface area contributed by atoms with Crippen molar-refractivity contribution < 1.29 is 9.90 Å². The Kier molecular flexibility index (Phi) is 3.83. The average Bonchev–Trinajstić information content (AvgIpc) is 2.87. The van der Waals surface area contributed by atoms with Crippen LogP contribution in [0.25, 0.3) is 0 Å². The summed E-state index contributed by atoms with van der Waals surface area (Å²) >= 11 is 1.55. The third-order valence-electron chi connectivity index (χ3n) is 3.51. The van der Waals surface area contributed by atoms with Crippen molar-refractivity contribution in [1.29, 1.82) is 0 Å². The minimum absolute atomic E-state index is 0.457. The molecule has 2 aromatic rings. The van der Waals surface area contributed by atoms with Crippen LogP contribution in [0.4, 0.5) is 5.13 Å². The van der Waals surface area contributed by atoms with Crippen molar-refractivity contribution in [2.75, 3.05) is 5.32 Å². The number of carboxylic acid groups (broad SMARTS) is 1. The van der Waals surface area contributed by atoms with E-state index in [0.717, 1.165) is 40.1 Å². The lowest BCUT2D eigenvalue weighted by molar-refractivity contribution is -0.139. The molecule has 2 aromatic heterocycles. The monoisotopic (exact) mass is 304 g/mol. The van der Waals surface area contributed by atoms with Crippen molar-refractivity contribution in [2.45, 2.75) is 38.6 Å². The summed E-state index contributed by atoms with van der Waals surface area (Å²) in [5.41, 5.74) is 1.63. The number of aromatic nitrogens is 3. The Bertz CT molecular complexity index is 671. The second-order valence-corrected chi connectivity index (χ2v) is 6.14. The maximum atomic E-state index is 11.3. The number of hydrogen-bond acceptors (Lipinski definition) is 6. The second-order valence-electron chi connectivity index (χ2n) is 5.06. The summed E-state index contributed by atoms with van der Waals surface area (Å²) in [5, 5.41) is 13.3. The highest BCUT2D eigenvalue weighted by atomic mass is 32.1. The lowest BCUT2D eigenvalue weighted by atomic mass is 9.91. The summed E-state index contributed by atoms with van der Waals surface area (Å²) in [6, 6.07) is 1.85. The number of fused-ring (bicyclic) bond motifs is 1. The smallest absolute Gasteiger partial charge is 0.312 e. The van der Waals surface area contributed by atoms with Crippen molar-refractivity contribution in [3.05, 3.63) is 34.4 Å². The van der Waals surface area contributed by atoms with E-state index in [1.165, 1.54) is 0 Å². The number of hydrogen-bond donors (Lipinski definition) is 2. The fourth-order valence-electron chi connectivity index (χ4n) is 2.50. The topological polar surface area (TPSA) is 88.0 Å². The highest BCUT2D eigenvalue weighted by molar-refractivity contribution is 7.15.